The quantitative estimate of drug-likeness (QED) is 0.828. The summed E-state index contributed by atoms with van der Waals surface area (Å²) in [6, 6.07) is 3.89. The van der Waals surface area contributed by atoms with Crippen molar-refractivity contribution in [1.82, 2.24) is 15.1 Å². The smallest absolute Gasteiger partial charge is 0.318 e. The number of anilines is 1. The lowest BCUT2D eigenvalue weighted by Gasteiger charge is -2.33. The Morgan fingerprint density at radius 3 is 2.50 bits per heavy atom. The molecule has 0 radical (unpaired) electrons. The predicted molar refractivity (Wildman–Crippen MR) is 73.6 cm³/mol. The fourth-order valence-corrected chi connectivity index (χ4v) is 2.41. The molecule has 0 atom stereocenters. The molecular formula is C12H13BrN4O3. The summed E-state index contributed by atoms with van der Waals surface area (Å²) in [6.45, 7) is 4.27. The lowest BCUT2D eigenvalue weighted by Crippen LogP contribution is -2.48. The van der Waals surface area contributed by atoms with Gasteiger partial charge >= 0.3 is 6.01 Å². The van der Waals surface area contributed by atoms with Gasteiger partial charge < -0.3 is 18.6 Å². The Hall–Kier alpha value is -1.83. The molecule has 1 aliphatic heterocycles. The van der Waals surface area contributed by atoms with Crippen LogP contribution in [0.2, 0.25) is 0 Å². The molecule has 0 aliphatic carbocycles. The van der Waals surface area contributed by atoms with Crippen molar-refractivity contribution >= 4 is 27.9 Å². The normalized spacial score (nSPS) is 15.7. The third-order valence-corrected chi connectivity index (χ3v) is 3.56. The topological polar surface area (TPSA) is 75.6 Å². The maximum absolute atomic E-state index is 12.2. The van der Waals surface area contributed by atoms with E-state index in [2.05, 4.69) is 26.1 Å². The van der Waals surface area contributed by atoms with Crippen LogP contribution in [-0.4, -0.2) is 47.2 Å². The maximum atomic E-state index is 12.2. The van der Waals surface area contributed by atoms with Crippen LogP contribution in [0.1, 0.15) is 16.4 Å². The molecule has 2 aromatic rings. The zero-order valence-corrected chi connectivity index (χ0v) is 12.5. The number of carbonyl (C=O) groups excluding carboxylic acids is 1. The van der Waals surface area contributed by atoms with Crippen molar-refractivity contribution in [2.24, 2.45) is 0 Å². The van der Waals surface area contributed by atoms with Crippen LogP contribution >= 0.6 is 15.9 Å². The van der Waals surface area contributed by atoms with E-state index in [9.17, 15) is 4.79 Å². The number of aromatic nitrogens is 2. The first-order valence-electron chi connectivity index (χ1n) is 6.23. The van der Waals surface area contributed by atoms with Gasteiger partial charge in [0.05, 0.1) is 0 Å². The van der Waals surface area contributed by atoms with Crippen molar-refractivity contribution in [3.8, 4) is 0 Å². The highest BCUT2D eigenvalue weighted by Crippen LogP contribution is 2.18. The van der Waals surface area contributed by atoms with Crippen LogP contribution in [0.15, 0.2) is 25.6 Å². The van der Waals surface area contributed by atoms with Gasteiger partial charge in [-0.3, -0.25) is 4.79 Å². The van der Waals surface area contributed by atoms with Gasteiger partial charge in [-0.25, -0.2) is 0 Å². The number of amides is 1. The fourth-order valence-electron chi connectivity index (χ4n) is 2.10. The Labute approximate surface area is 123 Å². The number of carbonyl (C=O) groups is 1. The van der Waals surface area contributed by atoms with Crippen molar-refractivity contribution in [1.29, 1.82) is 0 Å². The molecule has 0 saturated carbocycles. The molecule has 1 saturated heterocycles. The van der Waals surface area contributed by atoms with Gasteiger partial charge in [-0.2, -0.15) is 0 Å². The molecule has 2 aromatic heterocycles. The first-order chi connectivity index (χ1) is 9.63. The molecule has 3 rings (SSSR count). The van der Waals surface area contributed by atoms with Crippen LogP contribution in [0.5, 0.6) is 0 Å². The van der Waals surface area contributed by atoms with E-state index in [1.54, 1.807) is 24.0 Å². The Morgan fingerprint density at radius 2 is 1.95 bits per heavy atom. The molecule has 1 amide bonds. The lowest BCUT2D eigenvalue weighted by atomic mass is 10.3. The van der Waals surface area contributed by atoms with E-state index in [1.807, 2.05) is 4.90 Å². The second kappa shape index (κ2) is 5.28. The summed E-state index contributed by atoms with van der Waals surface area (Å²) in [4.78, 5) is 15.9. The van der Waals surface area contributed by atoms with E-state index < -0.39 is 0 Å². The molecule has 0 unspecified atom stereocenters. The molecule has 0 spiro atoms. The summed E-state index contributed by atoms with van der Waals surface area (Å²) in [7, 11) is 0. The number of aryl methyl sites for hydroxylation is 1. The zero-order valence-electron chi connectivity index (χ0n) is 10.9. The number of rotatable bonds is 2. The van der Waals surface area contributed by atoms with Crippen molar-refractivity contribution in [2.45, 2.75) is 6.92 Å². The largest absolute Gasteiger partial charge is 0.444 e. The molecule has 0 bridgehead atoms. The van der Waals surface area contributed by atoms with Gasteiger partial charge in [-0.1, -0.05) is 5.10 Å². The van der Waals surface area contributed by atoms with Gasteiger partial charge in [0.25, 0.3) is 5.91 Å². The average molecular weight is 341 g/mol. The van der Waals surface area contributed by atoms with E-state index in [1.165, 1.54) is 0 Å². The summed E-state index contributed by atoms with van der Waals surface area (Å²) < 4.78 is 11.2. The Morgan fingerprint density at radius 1 is 1.20 bits per heavy atom. The van der Waals surface area contributed by atoms with E-state index in [0.29, 0.717) is 48.5 Å². The molecule has 0 aromatic carbocycles. The molecule has 1 fully saturated rings. The lowest BCUT2D eigenvalue weighted by molar-refractivity contribution is 0.0711. The number of hydrogen-bond donors (Lipinski definition) is 0. The number of furan rings is 1. The Kier molecular flexibility index (Phi) is 3.47. The van der Waals surface area contributed by atoms with Gasteiger partial charge in [0.15, 0.2) is 10.4 Å². The molecular weight excluding hydrogens is 328 g/mol. The van der Waals surface area contributed by atoms with Gasteiger partial charge in [-0.15, -0.1) is 5.10 Å². The van der Waals surface area contributed by atoms with Crippen LogP contribution in [-0.2, 0) is 0 Å². The van der Waals surface area contributed by atoms with Gasteiger partial charge in [0, 0.05) is 33.1 Å². The van der Waals surface area contributed by atoms with Crippen molar-refractivity contribution in [3.63, 3.8) is 0 Å². The number of nitrogens with zero attached hydrogens (tertiary/aromatic N) is 4. The van der Waals surface area contributed by atoms with E-state index in [0.717, 1.165) is 0 Å². The van der Waals surface area contributed by atoms with E-state index >= 15 is 0 Å². The fraction of sp³-hybridized carbons (Fsp3) is 0.417. The second-order valence-corrected chi connectivity index (χ2v) is 5.27. The number of halogens is 1. The highest BCUT2D eigenvalue weighted by molar-refractivity contribution is 9.10. The Bertz CT molecular complexity index is 616. The van der Waals surface area contributed by atoms with Crippen LogP contribution in [0.4, 0.5) is 6.01 Å². The maximum Gasteiger partial charge on any atom is 0.318 e. The summed E-state index contributed by atoms with van der Waals surface area (Å²) in [6.07, 6.45) is 0. The SMILES string of the molecule is Cc1nnc(N2CCN(C(=O)c3ccc(Br)o3)CC2)o1. The minimum Gasteiger partial charge on any atom is -0.444 e. The third-order valence-electron chi connectivity index (χ3n) is 3.14. The monoisotopic (exact) mass is 340 g/mol. The first-order valence-corrected chi connectivity index (χ1v) is 7.02. The highest BCUT2D eigenvalue weighted by Gasteiger charge is 2.26. The third kappa shape index (κ3) is 2.55. The van der Waals surface area contributed by atoms with Gasteiger partial charge in [-0.05, 0) is 28.1 Å². The summed E-state index contributed by atoms with van der Waals surface area (Å²) >= 11 is 3.19. The van der Waals surface area contributed by atoms with Crippen molar-refractivity contribution in [3.05, 3.63) is 28.5 Å². The minimum atomic E-state index is -0.0999. The molecule has 3 heterocycles. The van der Waals surface area contributed by atoms with Crippen LogP contribution < -0.4 is 4.90 Å². The van der Waals surface area contributed by atoms with Crippen LogP contribution in [0.3, 0.4) is 0 Å². The van der Waals surface area contributed by atoms with Crippen LogP contribution in [0.25, 0.3) is 0 Å². The van der Waals surface area contributed by atoms with E-state index in [4.69, 9.17) is 8.83 Å². The predicted octanol–water partition coefficient (Wildman–Crippen LogP) is 1.70. The average Bonchev–Trinajstić information content (AvgIpc) is 3.07. The molecule has 0 N–H and O–H groups in total. The number of piperazine rings is 1. The molecule has 7 nitrogen and oxygen atoms in total. The molecule has 1 aliphatic rings. The molecule has 8 heteroatoms. The first kappa shape index (κ1) is 13.2. The summed E-state index contributed by atoms with van der Waals surface area (Å²) in [5.74, 6) is 0.787. The molecule has 20 heavy (non-hydrogen) atoms. The Balaban J connectivity index is 1.62. The van der Waals surface area contributed by atoms with Gasteiger partial charge in [0.2, 0.25) is 5.89 Å². The standard InChI is InChI=1S/C12H13BrN4O3/c1-8-14-15-12(19-8)17-6-4-16(5-7-17)11(18)9-2-3-10(13)20-9/h2-3H,4-7H2,1H3. The van der Waals surface area contributed by atoms with E-state index in [-0.39, 0.29) is 5.91 Å². The van der Waals surface area contributed by atoms with Gasteiger partial charge in [0.1, 0.15) is 0 Å². The summed E-state index contributed by atoms with van der Waals surface area (Å²) in [5.41, 5.74) is 0. The number of hydrogen-bond acceptors (Lipinski definition) is 6. The minimum absolute atomic E-state index is 0.0999. The highest BCUT2D eigenvalue weighted by atomic mass is 79.9. The molecule has 106 valence electrons. The van der Waals surface area contributed by atoms with Crippen molar-refractivity contribution in [2.75, 3.05) is 31.1 Å². The zero-order chi connectivity index (χ0) is 14.1. The van der Waals surface area contributed by atoms with Crippen molar-refractivity contribution < 1.29 is 13.6 Å². The second-order valence-electron chi connectivity index (χ2n) is 4.49. The summed E-state index contributed by atoms with van der Waals surface area (Å²) in [5, 5.41) is 7.79. The van der Waals surface area contributed by atoms with Crippen LogP contribution in [0, 0.1) is 6.92 Å².